The van der Waals surface area contributed by atoms with Gasteiger partial charge >= 0.3 is 0 Å². The van der Waals surface area contributed by atoms with E-state index in [1.807, 2.05) is 0 Å². The van der Waals surface area contributed by atoms with Crippen molar-refractivity contribution in [1.29, 1.82) is 0 Å². The van der Waals surface area contributed by atoms with Gasteiger partial charge in [-0.1, -0.05) is 18.6 Å². The monoisotopic (exact) mass is 320 g/mol. The fraction of sp³-hybridized carbons (Fsp3) is 0.417. The summed E-state index contributed by atoms with van der Waals surface area (Å²) in [4.78, 5) is -0.0505. The Bertz CT molecular complexity index is 634. The molecule has 0 amide bonds. The molecule has 1 aromatic carbocycles. The molecule has 1 aromatic rings. The summed E-state index contributed by atoms with van der Waals surface area (Å²) in [5, 5.41) is 0. The molecule has 4 nitrogen and oxygen atoms in total. The van der Waals surface area contributed by atoms with E-state index in [0.717, 1.165) is 25.0 Å². The number of rotatable bonds is 4. The van der Waals surface area contributed by atoms with Gasteiger partial charge in [0.2, 0.25) is 10.0 Å². The molecule has 110 valence electrons. The average Bonchev–Trinajstić information content (AvgIpc) is 2.80. The number of halogens is 2. The van der Waals surface area contributed by atoms with Gasteiger partial charge in [-0.2, -0.15) is 0 Å². The molecule has 0 saturated heterocycles. The van der Waals surface area contributed by atoms with Gasteiger partial charge in [0.25, 0.3) is 0 Å². The van der Waals surface area contributed by atoms with Gasteiger partial charge in [-0.25, -0.2) is 21.9 Å². The standard InChI is InChI=1S/C12H14F2N2O2S2/c13-9-5-4-7(6-10(9)14)20(17,18)16-11-3-1-2-8(11)12(15)19/h4-6,8,11,16H,1-3H2,(H2,15,19). The zero-order valence-electron chi connectivity index (χ0n) is 10.5. The fourth-order valence-electron chi connectivity index (χ4n) is 2.35. The van der Waals surface area contributed by atoms with E-state index in [2.05, 4.69) is 4.72 Å². The Labute approximate surface area is 121 Å². The summed E-state index contributed by atoms with van der Waals surface area (Å²) in [7, 11) is -3.92. The van der Waals surface area contributed by atoms with E-state index in [1.54, 1.807) is 0 Å². The maximum Gasteiger partial charge on any atom is 0.240 e. The Hall–Kier alpha value is -1.12. The van der Waals surface area contributed by atoms with Crippen molar-refractivity contribution in [3.05, 3.63) is 29.8 Å². The Kier molecular flexibility index (Phi) is 4.36. The van der Waals surface area contributed by atoms with Crippen molar-refractivity contribution in [3.8, 4) is 0 Å². The highest BCUT2D eigenvalue weighted by Gasteiger charge is 2.33. The maximum atomic E-state index is 13.1. The first-order valence-corrected chi connectivity index (χ1v) is 7.97. The van der Waals surface area contributed by atoms with Crippen molar-refractivity contribution in [2.45, 2.75) is 30.2 Å². The summed E-state index contributed by atoms with van der Waals surface area (Å²) in [5.74, 6) is -2.50. The van der Waals surface area contributed by atoms with Gasteiger partial charge in [0, 0.05) is 12.0 Å². The van der Waals surface area contributed by atoms with Crippen molar-refractivity contribution in [3.63, 3.8) is 0 Å². The topological polar surface area (TPSA) is 72.2 Å². The predicted molar refractivity (Wildman–Crippen MR) is 74.6 cm³/mol. The summed E-state index contributed by atoms with van der Waals surface area (Å²) in [6.07, 6.45) is 2.15. The quantitative estimate of drug-likeness (QED) is 0.828. The van der Waals surface area contributed by atoms with E-state index in [-0.39, 0.29) is 15.8 Å². The normalized spacial score (nSPS) is 22.9. The molecule has 1 saturated carbocycles. The van der Waals surface area contributed by atoms with Crippen molar-refractivity contribution in [2.24, 2.45) is 11.7 Å². The summed E-state index contributed by atoms with van der Waals surface area (Å²) in [6, 6.07) is 2.06. The van der Waals surface area contributed by atoms with Gasteiger partial charge in [-0.15, -0.1) is 0 Å². The fourth-order valence-corrected chi connectivity index (χ4v) is 3.96. The molecule has 0 radical (unpaired) electrons. The molecule has 8 heteroatoms. The van der Waals surface area contributed by atoms with Crippen LogP contribution in [0.2, 0.25) is 0 Å². The SMILES string of the molecule is NC(=S)C1CCCC1NS(=O)(=O)c1ccc(F)c(F)c1. The first kappa shape index (κ1) is 15.3. The van der Waals surface area contributed by atoms with E-state index in [4.69, 9.17) is 18.0 Å². The van der Waals surface area contributed by atoms with Gasteiger partial charge in [0.05, 0.1) is 9.88 Å². The summed E-state index contributed by atoms with van der Waals surface area (Å²) in [5.41, 5.74) is 5.58. The summed E-state index contributed by atoms with van der Waals surface area (Å²) < 4.78 is 52.7. The third-order valence-electron chi connectivity index (χ3n) is 3.39. The van der Waals surface area contributed by atoms with Crippen molar-refractivity contribution in [1.82, 2.24) is 4.72 Å². The summed E-state index contributed by atoms with van der Waals surface area (Å²) in [6.45, 7) is 0. The zero-order valence-corrected chi connectivity index (χ0v) is 12.1. The van der Waals surface area contributed by atoms with E-state index in [9.17, 15) is 17.2 Å². The van der Waals surface area contributed by atoms with Crippen LogP contribution < -0.4 is 10.5 Å². The Morgan fingerprint density at radius 1 is 1.30 bits per heavy atom. The minimum Gasteiger partial charge on any atom is -0.393 e. The molecule has 0 spiro atoms. The Morgan fingerprint density at radius 3 is 2.60 bits per heavy atom. The van der Waals surface area contributed by atoms with Crippen LogP contribution in [0, 0.1) is 17.6 Å². The molecule has 2 atom stereocenters. The van der Waals surface area contributed by atoms with Crippen molar-refractivity contribution >= 4 is 27.2 Å². The van der Waals surface area contributed by atoms with Crippen LogP contribution in [0.5, 0.6) is 0 Å². The second-order valence-electron chi connectivity index (χ2n) is 4.74. The second-order valence-corrected chi connectivity index (χ2v) is 6.93. The minimum atomic E-state index is -3.92. The lowest BCUT2D eigenvalue weighted by Gasteiger charge is -2.19. The van der Waals surface area contributed by atoms with E-state index in [1.165, 1.54) is 0 Å². The number of hydrogen-bond donors (Lipinski definition) is 2. The molecular formula is C12H14F2N2O2S2. The van der Waals surface area contributed by atoms with Crippen LogP contribution in [0.4, 0.5) is 8.78 Å². The van der Waals surface area contributed by atoms with Gasteiger partial charge < -0.3 is 5.73 Å². The second kappa shape index (κ2) is 5.71. The highest BCUT2D eigenvalue weighted by molar-refractivity contribution is 7.89. The largest absolute Gasteiger partial charge is 0.393 e. The van der Waals surface area contributed by atoms with Gasteiger partial charge in [0.15, 0.2) is 11.6 Å². The predicted octanol–water partition coefficient (Wildman–Crippen LogP) is 1.70. The molecule has 0 heterocycles. The van der Waals surface area contributed by atoms with E-state index >= 15 is 0 Å². The van der Waals surface area contributed by atoms with E-state index < -0.39 is 27.7 Å². The highest BCUT2D eigenvalue weighted by atomic mass is 32.2. The molecule has 1 aliphatic rings. The molecule has 20 heavy (non-hydrogen) atoms. The number of benzene rings is 1. The maximum absolute atomic E-state index is 13.1. The molecule has 0 bridgehead atoms. The number of nitrogens with one attached hydrogen (secondary N) is 1. The number of hydrogen-bond acceptors (Lipinski definition) is 3. The first-order chi connectivity index (χ1) is 9.31. The van der Waals surface area contributed by atoms with Crippen LogP contribution in [0.15, 0.2) is 23.1 Å². The van der Waals surface area contributed by atoms with E-state index in [0.29, 0.717) is 12.5 Å². The van der Waals surface area contributed by atoms with Crippen LogP contribution in [-0.2, 0) is 10.0 Å². The van der Waals surface area contributed by atoms with Gasteiger partial charge in [-0.3, -0.25) is 0 Å². The van der Waals surface area contributed by atoms with Gasteiger partial charge in [0.1, 0.15) is 0 Å². The molecule has 1 aliphatic carbocycles. The van der Waals surface area contributed by atoms with Crippen LogP contribution in [0.3, 0.4) is 0 Å². The molecule has 3 N–H and O–H groups in total. The minimum absolute atomic E-state index is 0.204. The Balaban J connectivity index is 2.22. The number of thiocarbonyl (C=S) groups is 1. The lowest BCUT2D eigenvalue weighted by atomic mass is 10.1. The number of sulfonamides is 1. The zero-order chi connectivity index (χ0) is 14.9. The van der Waals surface area contributed by atoms with Crippen molar-refractivity contribution < 1.29 is 17.2 Å². The highest BCUT2D eigenvalue weighted by Crippen LogP contribution is 2.27. The van der Waals surface area contributed by atoms with Crippen LogP contribution in [0.1, 0.15) is 19.3 Å². The smallest absolute Gasteiger partial charge is 0.240 e. The third-order valence-corrected chi connectivity index (χ3v) is 5.18. The third kappa shape index (κ3) is 3.13. The van der Waals surface area contributed by atoms with Crippen molar-refractivity contribution in [2.75, 3.05) is 0 Å². The van der Waals surface area contributed by atoms with Gasteiger partial charge in [-0.05, 0) is 31.0 Å². The van der Waals surface area contributed by atoms with Crippen LogP contribution in [-0.4, -0.2) is 19.4 Å². The van der Waals surface area contributed by atoms with Crippen LogP contribution >= 0.6 is 12.2 Å². The lowest BCUT2D eigenvalue weighted by molar-refractivity contribution is 0.501. The lowest BCUT2D eigenvalue weighted by Crippen LogP contribution is -2.41. The molecule has 0 aromatic heterocycles. The molecular weight excluding hydrogens is 306 g/mol. The molecule has 2 rings (SSSR count). The summed E-state index contributed by atoms with van der Waals surface area (Å²) >= 11 is 4.91. The van der Waals surface area contributed by atoms with Crippen LogP contribution in [0.25, 0.3) is 0 Å². The Morgan fingerprint density at radius 2 is 2.00 bits per heavy atom. The molecule has 2 unspecified atom stereocenters. The number of nitrogens with two attached hydrogens (primary N) is 1. The molecule has 1 fully saturated rings. The molecule has 0 aliphatic heterocycles. The average molecular weight is 320 g/mol. The first-order valence-electron chi connectivity index (χ1n) is 6.08.